The Hall–Kier alpha value is -1.62. The molecule has 19 heavy (non-hydrogen) atoms. The molecule has 1 saturated heterocycles. The molecule has 1 aromatic rings. The number of hydrogen-bond donors (Lipinski definition) is 1. The summed E-state index contributed by atoms with van der Waals surface area (Å²) in [5.74, 6) is 0.833. The minimum atomic E-state index is 0.0351. The average Bonchev–Trinajstić information content (AvgIpc) is 2.64. The molecule has 2 heterocycles. The molecule has 0 bridgehead atoms. The third-order valence-corrected chi connectivity index (χ3v) is 3.11. The zero-order valence-electron chi connectivity index (χ0n) is 11.6. The first-order valence-electron chi connectivity index (χ1n) is 6.81. The Labute approximate surface area is 114 Å². The largest absolute Gasteiger partial charge is 0.377 e. The number of carbonyl (C=O) groups is 1. The van der Waals surface area contributed by atoms with Gasteiger partial charge in [-0.1, -0.05) is 0 Å². The topological polar surface area (TPSA) is 54.5 Å². The van der Waals surface area contributed by atoms with Crippen LogP contribution in [0.25, 0.3) is 0 Å². The van der Waals surface area contributed by atoms with Gasteiger partial charge in [-0.25, -0.2) is 4.98 Å². The molecule has 0 aliphatic carbocycles. The molecule has 1 atom stereocenters. The molecule has 5 nitrogen and oxygen atoms in total. The summed E-state index contributed by atoms with van der Waals surface area (Å²) < 4.78 is 5.55. The Balaban J connectivity index is 2.05. The lowest BCUT2D eigenvalue weighted by molar-refractivity contribution is 0.0562. The zero-order chi connectivity index (χ0) is 13.7. The second-order valence-corrected chi connectivity index (χ2v) is 4.75. The van der Waals surface area contributed by atoms with E-state index in [1.165, 1.54) is 0 Å². The summed E-state index contributed by atoms with van der Waals surface area (Å²) in [5.41, 5.74) is 0.635. The summed E-state index contributed by atoms with van der Waals surface area (Å²) in [5, 5.41) is 3.11. The smallest absolute Gasteiger partial charge is 0.255 e. The van der Waals surface area contributed by atoms with Crippen molar-refractivity contribution < 1.29 is 9.53 Å². The molecule has 104 valence electrons. The highest BCUT2D eigenvalue weighted by atomic mass is 16.5. The Morgan fingerprint density at radius 1 is 1.58 bits per heavy atom. The molecule has 1 aliphatic rings. The number of rotatable bonds is 3. The zero-order valence-corrected chi connectivity index (χ0v) is 11.6. The lowest BCUT2D eigenvalue weighted by Gasteiger charge is -2.22. The third-order valence-electron chi connectivity index (χ3n) is 3.11. The van der Waals surface area contributed by atoms with Crippen LogP contribution >= 0.6 is 0 Å². The molecule has 2 rings (SSSR count). The van der Waals surface area contributed by atoms with E-state index in [9.17, 15) is 4.79 Å². The van der Waals surface area contributed by atoms with E-state index in [1.54, 1.807) is 6.20 Å². The van der Waals surface area contributed by atoms with Crippen LogP contribution in [0, 0.1) is 0 Å². The van der Waals surface area contributed by atoms with Crippen molar-refractivity contribution in [2.45, 2.75) is 26.4 Å². The van der Waals surface area contributed by atoms with Gasteiger partial charge >= 0.3 is 0 Å². The first kappa shape index (κ1) is 13.8. The summed E-state index contributed by atoms with van der Waals surface area (Å²) >= 11 is 0. The quantitative estimate of drug-likeness (QED) is 0.903. The number of pyridine rings is 1. The number of anilines is 1. The van der Waals surface area contributed by atoms with Crippen molar-refractivity contribution in [2.75, 3.05) is 31.6 Å². The van der Waals surface area contributed by atoms with Crippen LogP contribution in [-0.4, -0.2) is 48.1 Å². The van der Waals surface area contributed by atoms with E-state index in [1.807, 2.05) is 30.9 Å². The van der Waals surface area contributed by atoms with Gasteiger partial charge in [0.05, 0.1) is 11.7 Å². The molecule has 0 spiro atoms. The van der Waals surface area contributed by atoms with Gasteiger partial charge < -0.3 is 15.0 Å². The number of aromatic nitrogens is 1. The highest BCUT2D eigenvalue weighted by Crippen LogP contribution is 2.12. The van der Waals surface area contributed by atoms with Crippen LogP contribution in [0.3, 0.4) is 0 Å². The summed E-state index contributed by atoms with van der Waals surface area (Å²) in [6.07, 6.45) is 2.62. The maximum atomic E-state index is 12.4. The van der Waals surface area contributed by atoms with Crippen molar-refractivity contribution in [3.05, 3.63) is 23.9 Å². The van der Waals surface area contributed by atoms with E-state index in [2.05, 4.69) is 10.3 Å². The predicted octanol–water partition coefficient (Wildman–Crippen LogP) is 1.76. The fourth-order valence-corrected chi connectivity index (χ4v) is 2.17. The molecule has 0 aromatic carbocycles. The van der Waals surface area contributed by atoms with Gasteiger partial charge in [-0.3, -0.25) is 4.79 Å². The van der Waals surface area contributed by atoms with Crippen molar-refractivity contribution in [3.63, 3.8) is 0 Å². The fourth-order valence-electron chi connectivity index (χ4n) is 2.17. The van der Waals surface area contributed by atoms with Crippen LogP contribution in [0.15, 0.2) is 18.3 Å². The monoisotopic (exact) mass is 263 g/mol. The Morgan fingerprint density at radius 2 is 2.42 bits per heavy atom. The van der Waals surface area contributed by atoms with Gasteiger partial charge in [0.2, 0.25) is 0 Å². The molecular formula is C14H21N3O2. The Kier molecular flexibility index (Phi) is 4.74. The predicted molar refractivity (Wildman–Crippen MR) is 74.3 cm³/mol. The molecule has 1 unspecified atom stereocenters. The van der Waals surface area contributed by atoms with Crippen molar-refractivity contribution >= 4 is 11.7 Å². The van der Waals surface area contributed by atoms with Gasteiger partial charge in [0, 0.05) is 32.4 Å². The molecule has 5 heteroatoms. The molecule has 1 fully saturated rings. The van der Waals surface area contributed by atoms with E-state index >= 15 is 0 Å². The third kappa shape index (κ3) is 3.67. The number of nitrogens with one attached hydrogen (secondary N) is 1. The molecule has 1 amide bonds. The van der Waals surface area contributed by atoms with Gasteiger partial charge in [-0.05, 0) is 32.4 Å². The maximum absolute atomic E-state index is 12.4. The minimum absolute atomic E-state index is 0.0351. The highest BCUT2D eigenvalue weighted by molar-refractivity contribution is 5.94. The van der Waals surface area contributed by atoms with Gasteiger partial charge in [0.15, 0.2) is 0 Å². The van der Waals surface area contributed by atoms with Crippen molar-refractivity contribution in [3.8, 4) is 0 Å². The average molecular weight is 263 g/mol. The van der Waals surface area contributed by atoms with E-state index < -0.39 is 0 Å². The summed E-state index contributed by atoms with van der Waals surface area (Å²) in [7, 11) is 0. The summed E-state index contributed by atoms with van der Waals surface area (Å²) in [4.78, 5) is 18.5. The van der Waals surface area contributed by atoms with Gasteiger partial charge in [-0.2, -0.15) is 0 Å². The van der Waals surface area contributed by atoms with E-state index in [0.29, 0.717) is 12.1 Å². The minimum Gasteiger partial charge on any atom is -0.377 e. The number of carbonyl (C=O) groups excluding carboxylic acids is 1. The molecular weight excluding hydrogens is 242 g/mol. The highest BCUT2D eigenvalue weighted by Gasteiger charge is 2.21. The van der Waals surface area contributed by atoms with Crippen LogP contribution in [0.2, 0.25) is 0 Å². The van der Waals surface area contributed by atoms with Crippen molar-refractivity contribution in [2.24, 2.45) is 0 Å². The second-order valence-electron chi connectivity index (χ2n) is 4.75. The summed E-state index contributed by atoms with van der Waals surface area (Å²) in [6, 6.07) is 3.66. The van der Waals surface area contributed by atoms with Crippen molar-refractivity contribution in [1.29, 1.82) is 0 Å². The molecule has 1 aliphatic heterocycles. The van der Waals surface area contributed by atoms with Gasteiger partial charge in [0.1, 0.15) is 5.82 Å². The number of ether oxygens (including phenoxy) is 1. The first-order valence-corrected chi connectivity index (χ1v) is 6.81. The van der Waals surface area contributed by atoms with Crippen LogP contribution in [0.5, 0.6) is 0 Å². The lowest BCUT2D eigenvalue weighted by atomic mass is 10.2. The SMILES string of the molecule is CCNc1ccc(C(=O)N2CCCOC(C)C2)cn1. The second kappa shape index (κ2) is 6.52. The standard InChI is InChI=1S/C14H21N3O2/c1-3-15-13-6-5-12(9-16-13)14(18)17-7-4-8-19-11(2)10-17/h5-6,9,11H,3-4,7-8,10H2,1-2H3,(H,15,16). The van der Waals surface area contributed by atoms with Gasteiger partial charge in [-0.15, -0.1) is 0 Å². The van der Waals surface area contributed by atoms with Crippen LogP contribution < -0.4 is 5.32 Å². The van der Waals surface area contributed by atoms with E-state index in [4.69, 9.17) is 4.74 Å². The maximum Gasteiger partial charge on any atom is 0.255 e. The van der Waals surface area contributed by atoms with E-state index in [0.717, 1.165) is 31.9 Å². The van der Waals surface area contributed by atoms with E-state index in [-0.39, 0.29) is 12.0 Å². The molecule has 1 N–H and O–H groups in total. The Morgan fingerprint density at radius 3 is 3.11 bits per heavy atom. The van der Waals surface area contributed by atoms with Crippen LogP contribution in [0.4, 0.5) is 5.82 Å². The molecule has 0 radical (unpaired) electrons. The normalized spacial score (nSPS) is 19.9. The lowest BCUT2D eigenvalue weighted by Crippen LogP contribution is -2.35. The first-order chi connectivity index (χ1) is 9.20. The number of nitrogens with zero attached hydrogens (tertiary/aromatic N) is 2. The van der Waals surface area contributed by atoms with Crippen molar-refractivity contribution in [1.82, 2.24) is 9.88 Å². The van der Waals surface area contributed by atoms with Crippen LogP contribution in [0.1, 0.15) is 30.6 Å². The number of hydrogen-bond acceptors (Lipinski definition) is 4. The Bertz CT molecular complexity index is 419. The van der Waals surface area contributed by atoms with Gasteiger partial charge in [0.25, 0.3) is 5.91 Å². The molecule has 1 aromatic heterocycles. The number of amides is 1. The summed E-state index contributed by atoms with van der Waals surface area (Å²) in [6.45, 7) is 6.95. The molecule has 0 saturated carbocycles. The fraction of sp³-hybridized carbons (Fsp3) is 0.571. The van der Waals surface area contributed by atoms with Crippen LogP contribution in [-0.2, 0) is 4.74 Å².